The van der Waals surface area contributed by atoms with E-state index < -0.39 is 173 Å². The average Bonchev–Trinajstić information content (AvgIpc) is 1.54. The molecule has 1 aromatic heterocycles. The van der Waals surface area contributed by atoms with E-state index in [1.165, 1.54) is 14.5 Å². The zero-order chi connectivity index (χ0) is 74.7. The number of aromatic nitrogens is 3. The summed E-state index contributed by atoms with van der Waals surface area (Å²) >= 11 is 0. The number of nitrogens with zero attached hydrogens (tertiary/aromatic N) is 5. The Morgan fingerprint density at radius 2 is 1.04 bits per heavy atom. The van der Waals surface area contributed by atoms with E-state index in [1.54, 1.807) is 6.20 Å². The van der Waals surface area contributed by atoms with Crippen molar-refractivity contribution < 1.29 is 344 Å². The van der Waals surface area contributed by atoms with Crippen LogP contribution in [0.15, 0.2) is 6.20 Å². The number of amides is 4. The first-order chi connectivity index (χ1) is 46.9. The number of carboxylic acids is 2. The Morgan fingerprint density at radius 3 is 1.49 bits per heavy atom. The number of aliphatic hydroxyl groups excluding tert-OH is 8. The Labute approximate surface area is 743 Å². The number of aliphatic hydroxyl groups is 8. The zero-order valence-corrected chi connectivity index (χ0v) is 73.6. The second-order valence-corrected chi connectivity index (χ2v) is 25.2. The fraction of sp³-hybridized carbons (Fsp3) is 0.818. The molecule has 4 amide bonds. The maximum atomic E-state index is 13.8. The largest absolute Gasteiger partial charge is 1.00 e. The number of aliphatic carboxylic acids is 2. The Bertz CT molecular complexity index is 2960. The maximum absolute atomic E-state index is 13.8. The van der Waals surface area contributed by atoms with Gasteiger partial charge in [0, 0.05) is 39.1 Å². The number of carboxylic acid groups (broad SMARTS) is 2. The molecular weight excluding hydrogens is 1530 g/mol. The van der Waals surface area contributed by atoms with Crippen molar-refractivity contribution >= 4 is 56.4 Å². The first-order valence-corrected chi connectivity index (χ1v) is 34.2. The summed E-state index contributed by atoms with van der Waals surface area (Å²) in [6, 6.07) is -3.28. The third kappa shape index (κ3) is 33.9. The second kappa shape index (κ2) is 52.7. The predicted octanol–water partition coefficient (Wildman–Crippen LogP) is -27.1. The van der Waals surface area contributed by atoms with Gasteiger partial charge in [-0.3, -0.25) is 33.2 Å². The molecule has 43 nitrogen and oxygen atoms in total. The van der Waals surface area contributed by atoms with Crippen LogP contribution in [0.4, 0.5) is 0 Å². The molecule has 7 rings (SSSR count). The van der Waals surface area contributed by atoms with E-state index in [9.17, 15) is 79.8 Å². The summed E-state index contributed by atoms with van der Waals surface area (Å²) < 4.78 is 127. The molecule has 6 aliphatic heterocycles. The van der Waals surface area contributed by atoms with Gasteiger partial charge in [-0.2, -0.15) is 0 Å². The van der Waals surface area contributed by atoms with Crippen molar-refractivity contribution in [1.82, 2.24) is 30.1 Å². The van der Waals surface area contributed by atoms with Gasteiger partial charge >= 0.3 is 177 Å². The molecule has 576 valence electrons. The van der Waals surface area contributed by atoms with Crippen molar-refractivity contribution in [3.63, 3.8) is 0 Å². The molecule has 6 fully saturated rings. The third-order valence-corrected chi connectivity index (χ3v) is 16.4. The van der Waals surface area contributed by atoms with E-state index >= 15 is 0 Å². The van der Waals surface area contributed by atoms with Crippen LogP contribution < -0.4 is 193 Å². The number of hydrogen-bond acceptors (Lipinski definition) is 35. The Morgan fingerprint density at radius 1 is 0.585 bits per heavy atom. The maximum Gasteiger partial charge on any atom is 1.00 e. The van der Waals surface area contributed by atoms with E-state index in [0.717, 1.165) is 0 Å². The number of rotatable bonds is 34. The van der Waals surface area contributed by atoms with Crippen LogP contribution in [0.3, 0.4) is 0 Å². The van der Waals surface area contributed by atoms with Crippen molar-refractivity contribution in [3.8, 4) is 0 Å². The van der Waals surface area contributed by atoms with Crippen LogP contribution in [0.2, 0.25) is 0 Å². The molecule has 0 saturated carbocycles. The molecule has 0 radical (unpaired) electrons. The third-order valence-electron chi connectivity index (χ3n) is 16.4. The SMILES string of the molecule is O=S(=O)([O-])O.O=S(=O)([O-])O.[CH2-]C1O[C@H](O[C@@H]2C(C(=O)[O-])O[C@@H](OCCCOCCNC(=O)CCC(=O)N(CCCCCN3C(=O)[C@@H]4[C@H](C3=O)[C@H](CC)O[C@@H]4CC)Cc3cn(CCOCCO[C@@H]4OC(C(=O)[O-])[C@@H](O[C@H]5OC([CH2-])[C@@H](O)[C@H](O)C5[NH-])[C@H](O)C4O)nn3)C(O)[C@H]2O)C([NH-])[C@@H](O)[C@@H]1O.[Na+].[Na+].[Na+].[Na+].[Na+].[Na+]. The standard InChI is InChI=1S/C55H86N8O27.6Na.2H2O4S/c1-5-28-32-33(29(6-2)86-28)49(75)63(48(32)74)15-9-7-8-14-61(23-27-24-62(60-59-27)16-20-81-21-22-83-55-43(73)41(71)45(47(90-55)51(78)79)88-53-35(57)39(69)37(67)26(4)85-53)31(65)12-11-30(64)58-13-19-80-17-10-18-82-54-42(72)40(70)44(46(89-54)50(76)77)87-52-34(56)38(68)36(66)25(3)84-52;;;;;;;2*1-5(2,3)4/h24-26,28-29,32-47,52-57,66-73H,3-23H2,1-2H3,(H,58,64)(H,76,77)(H,78,79);;;;;;;2*(H2,1,2,3,4)/q-4;6*+1;;/p-4/t25?,26?,28-,29+,32+,33-,34?,35?,36-,37-,38-,39-,40-,41-,42?,43?,44+,45+,46?,47?,52-,53-,54-,55-;;;;;;;;/m1......../s1. The summed E-state index contributed by atoms with van der Waals surface area (Å²) in [5.74, 6) is -6.01. The summed E-state index contributed by atoms with van der Waals surface area (Å²) in [6.45, 7) is 11.1. The fourth-order valence-electron chi connectivity index (χ4n) is 11.3. The Kier molecular flexibility index (Phi) is 54.2. The molecule has 24 atom stereocenters. The molecule has 6 aliphatic rings. The number of carbonyl (C=O) groups is 6. The normalized spacial score (nSPS) is 32.6. The van der Waals surface area contributed by atoms with Crippen LogP contribution in [0, 0.1) is 25.7 Å². The second-order valence-electron chi connectivity index (χ2n) is 23.5. The van der Waals surface area contributed by atoms with Crippen molar-refractivity contribution in [3.05, 3.63) is 37.2 Å². The van der Waals surface area contributed by atoms with Crippen molar-refractivity contribution in [2.45, 2.75) is 213 Å². The number of carbonyl (C=O) groups excluding carboxylic acids is 6. The number of likely N-dealkylation sites (tertiary alicyclic amines) is 1. The number of imide groups is 1. The van der Waals surface area contributed by atoms with Crippen LogP contribution in [0.1, 0.15) is 70.9 Å². The Balaban J connectivity index is 0. The molecule has 8 unspecified atom stereocenters. The number of fused-ring (bicyclic) bond motifs is 1. The predicted molar refractivity (Wildman–Crippen MR) is 317 cm³/mol. The number of unbranched alkanes of at least 4 members (excludes halogenated alkanes) is 2. The number of ether oxygens (including phenoxy) is 11. The molecule has 0 bridgehead atoms. The minimum absolute atomic E-state index is 0. The average molecular weight is 1620 g/mol. The van der Waals surface area contributed by atoms with Gasteiger partial charge in [0.25, 0.3) is 0 Å². The summed E-state index contributed by atoms with van der Waals surface area (Å²) in [6.07, 6.45) is -27.6. The molecule has 6 saturated heterocycles. The Hall–Kier alpha value is 1.06. The van der Waals surface area contributed by atoms with E-state index in [1.807, 2.05) is 13.8 Å². The molecule has 0 aliphatic carbocycles. The van der Waals surface area contributed by atoms with Gasteiger partial charge in [-0.15, -0.1) is 5.10 Å². The minimum atomic E-state index is -4.92. The van der Waals surface area contributed by atoms with Gasteiger partial charge in [-0.05, 0) is 50.7 Å². The van der Waals surface area contributed by atoms with Crippen molar-refractivity contribution in [2.75, 3.05) is 59.3 Å². The number of nitrogens with one attached hydrogen (secondary N) is 3. The van der Waals surface area contributed by atoms with Gasteiger partial charge in [0.05, 0.1) is 113 Å². The molecule has 1 aromatic rings. The molecule has 0 spiro atoms. The van der Waals surface area contributed by atoms with Crippen LogP contribution in [-0.2, 0) is 115 Å². The summed E-state index contributed by atoms with van der Waals surface area (Å²) in [4.78, 5) is 80.4. The van der Waals surface area contributed by atoms with E-state index in [4.69, 9.17) is 98.6 Å². The zero-order valence-electron chi connectivity index (χ0n) is 60.0. The van der Waals surface area contributed by atoms with Gasteiger partial charge in [-0.25, -0.2) is 21.5 Å². The molecule has 106 heavy (non-hydrogen) atoms. The van der Waals surface area contributed by atoms with Gasteiger partial charge in [0.15, 0.2) is 12.6 Å². The van der Waals surface area contributed by atoms with Crippen LogP contribution >= 0.6 is 0 Å². The molecule has 13 N–H and O–H groups in total. The smallest absolute Gasteiger partial charge is 0.726 e. The van der Waals surface area contributed by atoms with Crippen molar-refractivity contribution in [2.24, 2.45) is 11.8 Å². The molecular formula is C55H86N8Na6O35S2-2. The van der Waals surface area contributed by atoms with E-state index in [0.29, 0.717) is 37.8 Å². The minimum Gasteiger partial charge on any atom is -0.726 e. The van der Waals surface area contributed by atoms with Crippen LogP contribution in [-0.4, -0.2) is 330 Å². The van der Waals surface area contributed by atoms with Gasteiger partial charge in [-0.1, -0.05) is 31.1 Å². The first kappa shape index (κ1) is 109. The van der Waals surface area contributed by atoms with E-state index in [2.05, 4.69) is 29.5 Å². The monoisotopic (exact) mass is 1620 g/mol. The van der Waals surface area contributed by atoms with Crippen LogP contribution in [0.5, 0.6) is 0 Å². The van der Waals surface area contributed by atoms with Gasteiger partial charge < -0.3 is 157 Å². The quantitative estimate of drug-likeness (QED) is 0.00762. The van der Waals surface area contributed by atoms with Crippen LogP contribution in [0.25, 0.3) is 11.5 Å². The van der Waals surface area contributed by atoms with Gasteiger partial charge in [0.2, 0.25) is 44.4 Å². The summed E-state index contributed by atoms with van der Waals surface area (Å²) in [5.41, 5.74) is 16.6. The summed E-state index contributed by atoms with van der Waals surface area (Å²) in [7, 11) is -9.83. The first-order valence-electron chi connectivity index (χ1n) is 31.5. The molecule has 7 heterocycles. The topological polar surface area (TPSA) is 664 Å². The molecule has 51 heteroatoms. The van der Waals surface area contributed by atoms with Crippen molar-refractivity contribution in [1.29, 1.82) is 0 Å². The van der Waals surface area contributed by atoms with E-state index in [-0.39, 0.29) is 299 Å². The summed E-state index contributed by atoms with van der Waals surface area (Å²) in [5, 5.41) is 118. The number of hydrogen-bond donors (Lipinski definition) is 11. The fourth-order valence-corrected chi connectivity index (χ4v) is 11.3. The molecule has 0 aromatic carbocycles. The van der Waals surface area contributed by atoms with Gasteiger partial charge in [0.1, 0.15) is 67.1 Å².